The van der Waals surface area contributed by atoms with E-state index in [9.17, 15) is 4.79 Å². The summed E-state index contributed by atoms with van der Waals surface area (Å²) < 4.78 is 0. The van der Waals surface area contributed by atoms with Crippen LogP contribution < -0.4 is 10.6 Å². The predicted octanol–water partition coefficient (Wildman–Crippen LogP) is 2.28. The van der Waals surface area contributed by atoms with Gasteiger partial charge in [0.1, 0.15) is 0 Å². The maximum absolute atomic E-state index is 12.0. The Balaban J connectivity index is 2.24. The lowest BCUT2D eigenvalue weighted by atomic mass is 10.1. The Labute approximate surface area is 112 Å². The van der Waals surface area contributed by atoms with Crippen LogP contribution in [0.1, 0.15) is 42.1 Å². The third-order valence-corrected chi connectivity index (χ3v) is 3.60. The first-order valence-corrected chi connectivity index (χ1v) is 6.82. The molecule has 1 atom stereocenters. The highest BCUT2D eigenvalue weighted by Gasteiger charge is 2.31. The molecule has 0 aromatic carbocycles. The van der Waals surface area contributed by atoms with E-state index in [1.165, 1.54) is 4.88 Å². The van der Waals surface area contributed by atoms with Gasteiger partial charge in [-0.1, -0.05) is 0 Å². The Morgan fingerprint density at radius 1 is 1.39 bits per heavy atom. The molecule has 5 heteroatoms. The van der Waals surface area contributed by atoms with Crippen LogP contribution in [0.4, 0.5) is 0 Å². The molecule has 98 valence electrons. The number of nitrogens with zero attached hydrogens (tertiary/aromatic N) is 1. The summed E-state index contributed by atoms with van der Waals surface area (Å²) in [5.41, 5.74) is 0.904. The lowest BCUT2D eigenvalue weighted by molar-refractivity contribution is -0.120. The van der Waals surface area contributed by atoms with Crippen LogP contribution in [0.15, 0.2) is 11.1 Å². The minimum absolute atomic E-state index is 0.0531. The van der Waals surface area contributed by atoms with E-state index in [0.29, 0.717) is 5.96 Å². The molecule has 1 aliphatic rings. The van der Waals surface area contributed by atoms with Crippen molar-refractivity contribution in [3.05, 3.63) is 21.4 Å². The Hall–Kier alpha value is -1.36. The summed E-state index contributed by atoms with van der Waals surface area (Å²) in [5.74, 6) is 0.517. The second kappa shape index (κ2) is 4.39. The molecule has 18 heavy (non-hydrogen) atoms. The number of carbonyl (C=O) groups is 1. The van der Waals surface area contributed by atoms with Gasteiger partial charge in [0.2, 0.25) is 0 Å². The zero-order valence-corrected chi connectivity index (χ0v) is 12.2. The van der Waals surface area contributed by atoms with Crippen LogP contribution in [0.3, 0.4) is 0 Å². The highest BCUT2D eigenvalue weighted by molar-refractivity contribution is 7.12. The average molecular weight is 265 g/mol. The standard InChI is InChI=1S/C13H19N3OS/c1-7-6-9(8(2)18-7)10-11(17)15-12(14-10)16-13(3,4)5/h6,10H,1-5H3,(H2,14,15,16,17). The average Bonchev–Trinajstić information content (AvgIpc) is 2.67. The fourth-order valence-electron chi connectivity index (χ4n) is 1.96. The molecule has 0 radical (unpaired) electrons. The van der Waals surface area contributed by atoms with E-state index < -0.39 is 6.04 Å². The summed E-state index contributed by atoms with van der Waals surface area (Å²) in [6.45, 7) is 10.2. The van der Waals surface area contributed by atoms with Crippen LogP contribution >= 0.6 is 11.3 Å². The molecule has 0 saturated carbocycles. The maximum Gasteiger partial charge on any atom is 0.256 e. The van der Waals surface area contributed by atoms with Gasteiger partial charge in [-0.2, -0.15) is 0 Å². The number of aliphatic imine (C=N–C) groups is 1. The molecule has 4 nitrogen and oxygen atoms in total. The zero-order chi connectivity index (χ0) is 13.5. The van der Waals surface area contributed by atoms with Gasteiger partial charge in [-0.05, 0) is 46.2 Å². The summed E-state index contributed by atoms with van der Waals surface area (Å²) in [4.78, 5) is 18.8. The first-order chi connectivity index (χ1) is 8.26. The molecule has 0 bridgehead atoms. The Bertz CT molecular complexity index is 511. The molecule has 0 fully saturated rings. The Morgan fingerprint density at radius 2 is 2.06 bits per heavy atom. The first kappa shape index (κ1) is 13.1. The van der Waals surface area contributed by atoms with Crippen molar-refractivity contribution in [1.82, 2.24) is 10.6 Å². The van der Waals surface area contributed by atoms with Crippen molar-refractivity contribution < 1.29 is 4.79 Å². The quantitative estimate of drug-likeness (QED) is 0.818. The highest BCUT2D eigenvalue weighted by atomic mass is 32.1. The summed E-state index contributed by atoms with van der Waals surface area (Å²) in [6.07, 6.45) is 0. The smallest absolute Gasteiger partial charge is 0.256 e. The van der Waals surface area contributed by atoms with E-state index in [2.05, 4.69) is 15.6 Å². The minimum Gasteiger partial charge on any atom is -0.351 e. The van der Waals surface area contributed by atoms with Gasteiger partial charge in [-0.25, -0.2) is 4.99 Å². The van der Waals surface area contributed by atoms with Crippen LogP contribution in [-0.2, 0) is 4.79 Å². The number of carbonyl (C=O) groups excluding carboxylic acids is 1. The number of guanidine groups is 1. The van der Waals surface area contributed by atoms with E-state index in [0.717, 1.165) is 10.4 Å². The van der Waals surface area contributed by atoms with Crippen molar-refractivity contribution in [2.75, 3.05) is 0 Å². The minimum atomic E-state index is -0.403. The maximum atomic E-state index is 12.0. The van der Waals surface area contributed by atoms with E-state index >= 15 is 0 Å². The largest absolute Gasteiger partial charge is 0.351 e. The monoisotopic (exact) mass is 265 g/mol. The van der Waals surface area contributed by atoms with Gasteiger partial charge in [-0.15, -0.1) is 11.3 Å². The van der Waals surface area contributed by atoms with E-state index in [1.54, 1.807) is 11.3 Å². The number of hydrogen-bond acceptors (Lipinski definition) is 4. The molecule has 1 aromatic rings. The number of thiophene rings is 1. The fraction of sp³-hybridized carbons (Fsp3) is 0.538. The van der Waals surface area contributed by atoms with Crippen LogP contribution in [0.2, 0.25) is 0 Å². The van der Waals surface area contributed by atoms with Crippen molar-refractivity contribution in [2.24, 2.45) is 4.99 Å². The fourth-order valence-corrected chi connectivity index (χ4v) is 2.91. The number of amides is 1. The second-order valence-electron chi connectivity index (χ2n) is 5.61. The summed E-state index contributed by atoms with van der Waals surface area (Å²) in [6, 6.07) is 1.65. The van der Waals surface area contributed by atoms with E-state index in [4.69, 9.17) is 0 Å². The molecule has 1 aromatic heterocycles. The zero-order valence-electron chi connectivity index (χ0n) is 11.4. The Kier molecular flexibility index (Phi) is 3.19. The molecular weight excluding hydrogens is 246 g/mol. The lowest BCUT2D eigenvalue weighted by Crippen LogP contribution is -2.46. The molecule has 1 aliphatic heterocycles. The predicted molar refractivity (Wildman–Crippen MR) is 75.0 cm³/mol. The van der Waals surface area contributed by atoms with Crippen molar-refractivity contribution >= 4 is 23.2 Å². The number of hydrogen-bond donors (Lipinski definition) is 2. The second-order valence-corrected chi connectivity index (χ2v) is 7.07. The summed E-state index contributed by atoms with van der Waals surface area (Å²) in [5, 5.41) is 6.00. The Morgan fingerprint density at radius 3 is 2.56 bits per heavy atom. The van der Waals surface area contributed by atoms with Crippen molar-refractivity contribution in [3.8, 4) is 0 Å². The molecular formula is C13H19N3OS. The lowest BCUT2D eigenvalue weighted by Gasteiger charge is -2.21. The third kappa shape index (κ3) is 2.72. The number of aryl methyl sites for hydroxylation is 2. The van der Waals surface area contributed by atoms with E-state index in [-0.39, 0.29) is 11.4 Å². The molecule has 0 spiro atoms. The third-order valence-electron chi connectivity index (χ3n) is 2.62. The summed E-state index contributed by atoms with van der Waals surface area (Å²) in [7, 11) is 0. The van der Waals surface area contributed by atoms with Crippen molar-refractivity contribution in [3.63, 3.8) is 0 Å². The molecule has 0 saturated heterocycles. The molecule has 1 amide bonds. The molecule has 2 N–H and O–H groups in total. The van der Waals surface area contributed by atoms with Crippen LogP contribution in [0, 0.1) is 13.8 Å². The van der Waals surface area contributed by atoms with Crippen LogP contribution in [0.25, 0.3) is 0 Å². The van der Waals surface area contributed by atoms with Gasteiger partial charge in [0.05, 0.1) is 0 Å². The molecule has 2 heterocycles. The van der Waals surface area contributed by atoms with Crippen molar-refractivity contribution in [2.45, 2.75) is 46.2 Å². The first-order valence-electron chi connectivity index (χ1n) is 6.00. The van der Waals surface area contributed by atoms with Gasteiger partial charge in [0.25, 0.3) is 5.91 Å². The summed E-state index contributed by atoms with van der Waals surface area (Å²) >= 11 is 1.70. The van der Waals surface area contributed by atoms with Gasteiger partial charge in [0.15, 0.2) is 12.0 Å². The number of rotatable bonds is 1. The molecule has 2 rings (SSSR count). The van der Waals surface area contributed by atoms with Crippen LogP contribution in [-0.4, -0.2) is 17.4 Å². The van der Waals surface area contributed by atoms with E-state index in [1.807, 2.05) is 40.7 Å². The van der Waals surface area contributed by atoms with Gasteiger partial charge >= 0.3 is 0 Å². The van der Waals surface area contributed by atoms with Gasteiger partial charge in [-0.3, -0.25) is 10.1 Å². The SMILES string of the molecule is Cc1cc(C2N=C(NC(C)(C)C)NC2=O)c(C)s1. The molecule has 1 unspecified atom stereocenters. The van der Waals surface area contributed by atoms with Crippen LogP contribution in [0.5, 0.6) is 0 Å². The topological polar surface area (TPSA) is 53.5 Å². The highest BCUT2D eigenvalue weighted by Crippen LogP contribution is 2.30. The van der Waals surface area contributed by atoms with Gasteiger partial charge in [0, 0.05) is 15.3 Å². The van der Waals surface area contributed by atoms with Gasteiger partial charge < -0.3 is 5.32 Å². The normalized spacial score (nSPS) is 19.7. The molecule has 0 aliphatic carbocycles. The van der Waals surface area contributed by atoms with Crippen molar-refractivity contribution in [1.29, 1.82) is 0 Å². The number of nitrogens with one attached hydrogen (secondary N) is 2.